The second-order valence-electron chi connectivity index (χ2n) is 7.28. The van der Waals surface area contributed by atoms with E-state index in [1.807, 2.05) is 0 Å². The van der Waals surface area contributed by atoms with Crippen LogP contribution < -0.4 is 11.1 Å². The standard InChI is InChI=1S/C16H32N2O/c1-16(2,3)11-14(12-17)15(19)18-10-9-13-7-5-4-6-8-13/h13-14H,4-12,17H2,1-3H3,(H,18,19). The Bertz CT molecular complexity index is 264. The highest BCUT2D eigenvalue weighted by Crippen LogP contribution is 2.26. The van der Waals surface area contributed by atoms with Crippen molar-refractivity contribution in [3.05, 3.63) is 0 Å². The van der Waals surface area contributed by atoms with E-state index in [1.165, 1.54) is 32.1 Å². The molecule has 3 N–H and O–H groups in total. The van der Waals surface area contributed by atoms with E-state index in [-0.39, 0.29) is 17.2 Å². The van der Waals surface area contributed by atoms with Gasteiger partial charge < -0.3 is 11.1 Å². The van der Waals surface area contributed by atoms with E-state index in [0.717, 1.165) is 25.3 Å². The summed E-state index contributed by atoms with van der Waals surface area (Å²) in [6.45, 7) is 7.75. The molecule has 1 aliphatic rings. The number of carbonyl (C=O) groups excluding carboxylic acids is 1. The minimum atomic E-state index is -0.0358. The first kappa shape index (κ1) is 16.5. The lowest BCUT2D eigenvalue weighted by atomic mass is 9.84. The first-order valence-corrected chi connectivity index (χ1v) is 7.90. The molecule has 0 bridgehead atoms. The van der Waals surface area contributed by atoms with Gasteiger partial charge in [0.25, 0.3) is 0 Å². The molecule has 0 radical (unpaired) electrons. The molecule has 1 unspecified atom stereocenters. The second kappa shape index (κ2) is 7.88. The van der Waals surface area contributed by atoms with Crippen molar-refractivity contribution in [2.45, 2.75) is 65.7 Å². The smallest absolute Gasteiger partial charge is 0.224 e. The molecule has 1 saturated carbocycles. The van der Waals surface area contributed by atoms with Crippen LogP contribution in [0.4, 0.5) is 0 Å². The Hall–Kier alpha value is -0.570. The van der Waals surface area contributed by atoms with Gasteiger partial charge in [-0.15, -0.1) is 0 Å². The van der Waals surface area contributed by atoms with Gasteiger partial charge in [0.05, 0.1) is 5.92 Å². The molecule has 112 valence electrons. The predicted molar refractivity (Wildman–Crippen MR) is 80.8 cm³/mol. The van der Waals surface area contributed by atoms with Crippen LogP contribution in [0.5, 0.6) is 0 Å². The van der Waals surface area contributed by atoms with Crippen molar-refractivity contribution in [2.24, 2.45) is 23.0 Å². The van der Waals surface area contributed by atoms with Crippen LogP contribution in [0.1, 0.15) is 65.7 Å². The molecule has 3 nitrogen and oxygen atoms in total. The lowest BCUT2D eigenvalue weighted by Gasteiger charge is -2.25. The SMILES string of the molecule is CC(C)(C)CC(CN)C(=O)NCCC1CCCCC1. The van der Waals surface area contributed by atoms with E-state index >= 15 is 0 Å². The van der Waals surface area contributed by atoms with Crippen LogP contribution in [0.25, 0.3) is 0 Å². The lowest BCUT2D eigenvalue weighted by molar-refractivity contribution is -0.125. The van der Waals surface area contributed by atoms with Gasteiger partial charge in [-0.2, -0.15) is 0 Å². The highest BCUT2D eigenvalue weighted by Gasteiger charge is 2.23. The molecule has 1 amide bonds. The number of hydrogen-bond donors (Lipinski definition) is 2. The maximum atomic E-state index is 12.1. The Morgan fingerprint density at radius 1 is 1.26 bits per heavy atom. The highest BCUT2D eigenvalue weighted by molar-refractivity contribution is 5.78. The summed E-state index contributed by atoms with van der Waals surface area (Å²) in [6.07, 6.45) is 8.82. The van der Waals surface area contributed by atoms with Crippen LogP contribution in [0.15, 0.2) is 0 Å². The van der Waals surface area contributed by atoms with E-state index in [1.54, 1.807) is 0 Å². The maximum absolute atomic E-state index is 12.1. The number of hydrogen-bond acceptors (Lipinski definition) is 2. The van der Waals surface area contributed by atoms with Crippen LogP contribution in [0.3, 0.4) is 0 Å². The van der Waals surface area contributed by atoms with Gasteiger partial charge in [0.2, 0.25) is 5.91 Å². The molecule has 19 heavy (non-hydrogen) atoms. The van der Waals surface area contributed by atoms with Crippen LogP contribution >= 0.6 is 0 Å². The molecule has 0 spiro atoms. The monoisotopic (exact) mass is 268 g/mol. The van der Waals surface area contributed by atoms with Gasteiger partial charge in [-0.1, -0.05) is 52.9 Å². The summed E-state index contributed by atoms with van der Waals surface area (Å²) in [5.41, 5.74) is 5.89. The Morgan fingerprint density at radius 3 is 2.42 bits per heavy atom. The maximum Gasteiger partial charge on any atom is 0.224 e. The van der Waals surface area contributed by atoms with Crippen molar-refractivity contribution in [1.82, 2.24) is 5.32 Å². The van der Waals surface area contributed by atoms with Gasteiger partial charge in [-0.3, -0.25) is 4.79 Å². The third-order valence-electron chi connectivity index (χ3n) is 4.09. The zero-order valence-electron chi connectivity index (χ0n) is 13.0. The highest BCUT2D eigenvalue weighted by atomic mass is 16.1. The van der Waals surface area contributed by atoms with E-state index in [2.05, 4.69) is 26.1 Å². The molecular weight excluding hydrogens is 236 g/mol. The zero-order chi connectivity index (χ0) is 14.3. The van der Waals surface area contributed by atoms with Crippen molar-refractivity contribution in [1.29, 1.82) is 0 Å². The summed E-state index contributed by atoms with van der Waals surface area (Å²) in [7, 11) is 0. The fourth-order valence-electron chi connectivity index (χ4n) is 3.04. The number of amides is 1. The van der Waals surface area contributed by atoms with Crippen molar-refractivity contribution in [2.75, 3.05) is 13.1 Å². The molecule has 0 saturated heterocycles. The van der Waals surface area contributed by atoms with Gasteiger partial charge in [0.1, 0.15) is 0 Å². The fourth-order valence-corrected chi connectivity index (χ4v) is 3.04. The first-order chi connectivity index (χ1) is 8.92. The Kier molecular flexibility index (Phi) is 6.84. The van der Waals surface area contributed by atoms with E-state index in [9.17, 15) is 4.79 Å². The zero-order valence-corrected chi connectivity index (χ0v) is 13.0. The molecule has 3 heteroatoms. The van der Waals surface area contributed by atoms with Crippen molar-refractivity contribution in [3.8, 4) is 0 Å². The molecular formula is C16H32N2O. The molecule has 0 heterocycles. The normalized spacial score (nSPS) is 19.2. The van der Waals surface area contributed by atoms with Crippen molar-refractivity contribution in [3.63, 3.8) is 0 Å². The molecule has 1 fully saturated rings. The minimum absolute atomic E-state index is 0.0358. The van der Waals surface area contributed by atoms with E-state index in [0.29, 0.717) is 6.54 Å². The van der Waals surface area contributed by atoms with Crippen molar-refractivity contribution < 1.29 is 4.79 Å². The number of nitrogens with one attached hydrogen (secondary N) is 1. The molecule has 0 aromatic carbocycles. The molecule has 0 aliphatic heterocycles. The van der Waals surface area contributed by atoms with Gasteiger partial charge in [-0.25, -0.2) is 0 Å². The summed E-state index contributed by atoms with van der Waals surface area (Å²) in [4.78, 5) is 12.1. The first-order valence-electron chi connectivity index (χ1n) is 7.90. The van der Waals surface area contributed by atoms with Crippen LogP contribution in [-0.4, -0.2) is 19.0 Å². The second-order valence-corrected chi connectivity index (χ2v) is 7.28. The Morgan fingerprint density at radius 2 is 1.89 bits per heavy atom. The minimum Gasteiger partial charge on any atom is -0.356 e. The lowest BCUT2D eigenvalue weighted by Crippen LogP contribution is -2.38. The predicted octanol–water partition coefficient (Wildman–Crippen LogP) is 3.08. The van der Waals surface area contributed by atoms with Crippen LogP contribution in [0, 0.1) is 17.3 Å². The largest absolute Gasteiger partial charge is 0.356 e. The van der Waals surface area contributed by atoms with Gasteiger partial charge in [0, 0.05) is 13.1 Å². The van der Waals surface area contributed by atoms with Crippen LogP contribution in [0.2, 0.25) is 0 Å². The number of carbonyl (C=O) groups is 1. The summed E-state index contributed by atoms with van der Waals surface area (Å²) in [6, 6.07) is 0. The molecule has 0 aromatic heterocycles. The average Bonchev–Trinajstić information content (AvgIpc) is 2.36. The summed E-state index contributed by atoms with van der Waals surface area (Å²) >= 11 is 0. The topological polar surface area (TPSA) is 55.1 Å². The quantitative estimate of drug-likeness (QED) is 0.778. The Labute approximate surface area is 118 Å². The van der Waals surface area contributed by atoms with Gasteiger partial charge >= 0.3 is 0 Å². The van der Waals surface area contributed by atoms with Crippen molar-refractivity contribution >= 4 is 5.91 Å². The molecule has 1 atom stereocenters. The molecule has 0 aromatic rings. The fraction of sp³-hybridized carbons (Fsp3) is 0.938. The van der Waals surface area contributed by atoms with Crippen LogP contribution in [-0.2, 0) is 4.79 Å². The van der Waals surface area contributed by atoms with E-state index < -0.39 is 0 Å². The Balaban J connectivity index is 2.24. The summed E-state index contributed by atoms with van der Waals surface area (Å²) in [5.74, 6) is 0.938. The van der Waals surface area contributed by atoms with Gasteiger partial charge in [0.15, 0.2) is 0 Å². The number of rotatable bonds is 6. The summed E-state index contributed by atoms with van der Waals surface area (Å²) < 4.78 is 0. The molecule has 1 rings (SSSR count). The van der Waals surface area contributed by atoms with E-state index in [4.69, 9.17) is 5.73 Å². The average molecular weight is 268 g/mol. The summed E-state index contributed by atoms with van der Waals surface area (Å²) in [5, 5.41) is 3.08. The third kappa shape index (κ3) is 6.95. The number of nitrogens with two attached hydrogens (primary N) is 1. The van der Waals surface area contributed by atoms with Gasteiger partial charge in [-0.05, 0) is 24.2 Å². The third-order valence-corrected chi connectivity index (χ3v) is 4.09. The molecule has 1 aliphatic carbocycles.